The smallest absolute Gasteiger partial charge is 0.408 e. The first kappa shape index (κ1) is 31.2. The van der Waals surface area contributed by atoms with Crippen molar-refractivity contribution in [1.29, 1.82) is 0 Å². The van der Waals surface area contributed by atoms with Crippen LogP contribution in [0.25, 0.3) is 0 Å². The van der Waals surface area contributed by atoms with Gasteiger partial charge in [0.2, 0.25) is 5.91 Å². The Morgan fingerprint density at radius 1 is 1.12 bits per heavy atom. The van der Waals surface area contributed by atoms with E-state index < -0.39 is 17.7 Å². The van der Waals surface area contributed by atoms with Gasteiger partial charge < -0.3 is 24.7 Å². The highest BCUT2D eigenvalue weighted by Crippen LogP contribution is 2.34. The van der Waals surface area contributed by atoms with Crippen LogP contribution in [-0.2, 0) is 29.0 Å². The van der Waals surface area contributed by atoms with Crippen LogP contribution in [0.3, 0.4) is 0 Å². The average molecular weight is 593 g/mol. The molecule has 4 rings (SSSR count). The first-order valence-corrected chi connectivity index (χ1v) is 15.7. The van der Waals surface area contributed by atoms with Gasteiger partial charge in [0, 0.05) is 36.5 Å². The first-order chi connectivity index (χ1) is 20.1. The van der Waals surface area contributed by atoms with E-state index in [-0.39, 0.29) is 24.3 Å². The summed E-state index contributed by atoms with van der Waals surface area (Å²) in [6.07, 6.45) is 8.74. The maximum atomic E-state index is 13.4. The lowest BCUT2D eigenvalue weighted by atomic mass is 9.86. The molecule has 1 aliphatic rings. The maximum absolute atomic E-state index is 13.4. The molecule has 9 nitrogen and oxygen atoms in total. The highest BCUT2D eigenvalue weighted by molar-refractivity contribution is 7.98. The van der Waals surface area contributed by atoms with Crippen molar-refractivity contribution < 1.29 is 23.9 Å². The summed E-state index contributed by atoms with van der Waals surface area (Å²) >= 11 is 1.59. The van der Waals surface area contributed by atoms with E-state index in [1.807, 2.05) is 59.5 Å². The molecule has 42 heavy (non-hydrogen) atoms. The molecule has 0 bridgehead atoms. The molecule has 10 heteroatoms. The van der Waals surface area contributed by atoms with Crippen LogP contribution in [0.15, 0.2) is 61.2 Å². The molecule has 2 N–H and O–H groups in total. The van der Waals surface area contributed by atoms with Crippen molar-refractivity contribution in [3.63, 3.8) is 0 Å². The molecule has 224 valence electrons. The zero-order valence-electron chi connectivity index (χ0n) is 24.7. The second kappa shape index (κ2) is 14.4. The molecule has 0 radical (unpaired) electrons. The number of benzene rings is 2. The molecule has 2 aromatic carbocycles. The van der Waals surface area contributed by atoms with Gasteiger partial charge in [-0.1, -0.05) is 30.3 Å². The van der Waals surface area contributed by atoms with Crippen LogP contribution in [0.1, 0.15) is 73.2 Å². The number of carbonyl (C=O) groups excluding carboxylic acids is 3. The van der Waals surface area contributed by atoms with Crippen LogP contribution in [0.2, 0.25) is 0 Å². The molecule has 3 aromatic rings. The third-order valence-electron chi connectivity index (χ3n) is 6.95. The number of thioether (sulfide) groups is 1. The Hall–Kier alpha value is -3.79. The minimum atomic E-state index is -0.767. The van der Waals surface area contributed by atoms with Crippen LogP contribution in [-0.4, -0.2) is 51.0 Å². The van der Waals surface area contributed by atoms with E-state index in [4.69, 9.17) is 9.47 Å². The normalized spacial score (nSPS) is 14.4. The van der Waals surface area contributed by atoms with E-state index in [9.17, 15) is 14.4 Å². The lowest BCUT2D eigenvalue weighted by Gasteiger charge is -2.26. The molecule has 0 aliphatic heterocycles. The fraction of sp³-hybridized carbons (Fsp3) is 0.438. The summed E-state index contributed by atoms with van der Waals surface area (Å²) in [7, 11) is 0. The Kier molecular flexibility index (Phi) is 10.7. The number of imidazole rings is 1. The third-order valence-corrected chi connectivity index (χ3v) is 7.60. The van der Waals surface area contributed by atoms with E-state index >= 15 is 0 Å². The summed E-state index contributed by atoms with van der Waals surface area (Å²) in [4.78, 5) is 42.9. The van der Waals surface area contributed by atoms with E-state index in [1.54, 1.807) is 45.1 Å². The van der Waals surface area contributed by atoms with E-state index in [0.29, 0.717) is 42.9 Å². The molecule has 0 saturated carbocycles. The average Bonchev–Trinajstić information content (AvgIpc) is 3.47. The molecule has 0 spiro atoms. The molecule has 1 heterocycles. The molecule has 0 fully saturated rings. The summed E-state index contributed by atoms with van der Waals surface area (Å²) in [6, 6.07) is 12.8. The number of ketones is 1. The lowest BCUT2D eigenvalue weighted by Crippen LogP contribution is -2.48. The number of nitrogens with zero attached hydrogens (tertiary/aromatic N) is 2. The van der Waals surface area contributed by atoms with Crippen molar-refractivity contribution in [3.8, 4) is 5.75 Å². The van der Waals surface area contributed by atoms with Crippen LogP contribution in [0.5, 0.6) is 5.75 Å². The molecular formula is C32H40N4O5S. The zero-order chi connectivity index (χ0) is 30.1. The minimum absolute atomic E-state index is 0.0952. The van der Waals surface area contributed by atoms with E-state index in [1.165, 1.54) is 0 Å². The van der Waals surface area contributed by atoms with Crippen molar-refractivity contribution in [2.45, 2.75) is 77.3 Å². The number of amides is 2. The number of rotatable bonds is 12. The van der Waals surface area contributed by atoms with Crippen LogP contribution in [0, 0.1) is 0 Å². The Morgan fingerprint density at radius 2 is 1.90 bits per heavy atom. The summed E-state index contributed by atoms with van der Waals surface area (Å²) in [5.41, 5.74) is 2.67. The van der Waals surface area contributed by atoms with E-state index in [0.717, 1.165) is 23.1 Å². The Morgan fingerprint density at radius 3 is 2.60 bits per heavy atom. The quantitative estimate of drug-likeness (QED) is 0.286. The second-order valence-electron chi connectivity index (χ2n) is 11.3. The van der Waals surface area contributed by atoms with Crippen molar-refractivity contribution in [1.82, 2.24) is 20.2 Å². The number of nitrogens with one attached hydrogen (secondary N) is 2. The van der Waals surface area contributed by atoms with Gasteiger partial charge in [-0.2, -0.15) is 11.8 Å². The van der Waals surface area contributed by atoms with Crippen LogP contribution in [0.4, 0.5) is 4.79 Å². The van der Waals surface area contributed by atoms with Gasteiger partial charge >= 0.3 is 6.09 Å². The lowest BCUT2D eigenvalue weighted by molar-refractivity contribution is -0.123. The van der Waals surface area contributed by atoms with Crippen molar-refractivity contribution in [2.24, 2.45) is 0 Å². The number of aromatic nitrogens is 2. The topological polar surface area (TPSA) is 112 Å². The highest BCUT2D eigenvalue weighted by Gasteiger charge is 2.27. The monoisotopic (exact) mass is 592 g/mol. The SMILES string of the molecule is CSCC[C@H](NC(=O)OC(C)(C)C)C(=O)NCc1c(O[C@H](Cn2ccnc2)c2ccccc2)ccc2c1CCCC2=O. The zero-order valence-corrected chi connectivity index (χ0v) is 25.5. The fourth-order valence-electron chi connectivity index (χ4n) is 4.95. The standard InChI is InChI=1S/C32H40N4O5S/c1-32(2,3)41-31(39)35-26(15-18-42-4)30(38)34-19-25-23-11-8-12-27(37)24(23)13-14-28(25)40-29(20-36-17-16-33-21-36)22-9-6-5-7-10-22/h5-7,9-10,13-14,16-17,21,26,29H,8,11-12,15,18-20H2,1-4H3,(H,34,38)(H,35,39)/t26-,29+/m0/s1. The van der Waals surface area contributed by atoms with Gasteiger partial charge in [0.1, 0.15) is 23.5 Å². The number of ether oxygens (including phenoxy) is 2. The van der Waals surface area contributed by atoms with Gasteiger partial charge in [0.15, 0.2) is 5.78 Å². The molecule has 2 atom stereocenters. The molecule has 0 unspecified atom stereocenters. The molecular weight excluding hydrogens is 552 g/mol. The molecule has 1 aromatic heterocycles. The van der Waals surface area contributed by atoms with Crippen molar-refractivity contribution in [2.75, 3.05) is 12.0 Å². The van der Waals surface area contributed by atoms with E-state index in [2.05, 4.69) is 15.6 Å². The number of hydrogen-bond donors (Lipinski definition) is 2. The fourth-order valence-corrected chi connectivity index (χ4v) is 5.43. The highest BCUT2D eigenvalue weighted by atomic mass is 32.2. The number of carbonyl (C=O) groups is 3. The number of hydrogen-bond acceptors (Lipinski definition) is 7. The van der Waals surface area contributed by atoms with Gasteiger partial charge in [-0.25, -0.2) is 9.78 Å². The summed E-state index contributed by atoms with van der Waals surface area (Å²) in [6.45, 7) is 6.02. The molecule has 1 aliphatic carbocycles. The number of alkyl carbamates (subject to hydrolysis) is 1. The molecule has 0 saturated heterocycles. The summed E-state index contributed by atoms with van der Waals surface area (Å²) < 4.78 is 14.0. The maximum Gasteiger partial charge on any atom is 0.408 e. The van der Waals surface area contributed by atoms with Crippen molar-refractivity contribution in [3.05, 3.63) is 83.4 Å². The number of Topliss-reactive ketones (excluding diaryl/α,β-unsaturated/α-hetero) is 1. The summed E-state index contributed by atoms with van der Waals surface area (Å²) in [5, 5.41) is 5.74. The van der Waals surface area contributed by atoms with Crippen LogP contribution < -0.4 is 15.4 Å². The van der Waals surface area contributed by atoms with Crippen LogP contribution >= 0.6 is 11.8 Å². The van der Waals surface area contributed by atoms with Gasteiger partial charge in [-0.15, -0.1) is 0 Å². The second-order valence-corrected chi connectivity index (χ2v) is 12.3. The Labute approximate surface area is 251 Å². The predicted octanol–water partition coefficient (Wildman–Crippen LogP) is 5.49. The minimum Gasteiger partial charge on any atom is -0.483 e. The van der Waals surface area contributed by atoms with Gasteiger partial charge in [-0.3, -0.25) is 9.59 Å². The summed E-state index contributed by atoms with van der Waals surface area (Å²) in [5.74, 6) is 1.07. The van der Waals surface area contributed by atoms with Crippen molar-refractivity contribution >= 4 is 29.5 Å². The van der Waals surface area contributed by atoms with Gasteiger partial charge in [0.05, 0.1) is 12.9 Å². The third kappa shape index (κ3) is 8.61. The Balaban J connectivity index is 1.60. The first-order valence-electron chi connectivity index (χ1n) is 14.3. The number of fused-ring (bicyclic) bond motifs is 1. The predicted molar refractivity (Wildman–Crippen MR) is 164 cm³/mol. The Bertz CT molecular complexity index is 1360. The molecule has 2 amide bonds. The van der Waals surface area contributed by atoms with Gasteiger partial charge in [-0.05, 0) is 75.3 Å². The van der Waals surface area contributed by atoms with Gasteiger partial charge in [0.25, 0.3) is 0 Å². The largest absolute Gasteiger partial charge is 0.483 e.